The Balaban J connectivity index is 1.41. The summed E-state index contributed by atoms with van der Waals surface area (Å²) in [4.78, 5) is 15.6. The number of para-hydroxylation sites is 2. The van der Waals surface area contributed by atoms with Gasteiger partial charge in [0.1, 0.15) is 25.5 Å². The summed E-state index contributed by atoms with van der Waals surface area (Å²) in [6.45, 7) is 9.24. The van der Waals surface area contributed by atoms with Crippen LogP contribution in [0.3, 0.4) is 0 Å². The van der Waals surface area contributed by atoms with E-state index in [1.807, 2.05) is 54.6 Å². The zero-order chi connectivity index (χ0) is 33.6. The van der Waals surface area contributed by atoms with Gasteiger partial charge in [-0.1, -0.05) is 160 Å². The number of anilines is 1. The fourth-order valence-corrected chi connectivity index (χ4v) is 6.78. The zero-order valence-corrected chi connectivity index (χ0v) is 29.0. The van der Waals surface area contributed by atoms with E-state index in [1.165, 1.54) is 0 Å². The fraction of sp³-hybridized carbons (Fsp3) is 0.186. The minimum absolute atomic E-state index is 0.0369. The molecule has 0 bridgehead atoms. The first-order valence-electron chi connectivity index (χ1n) is 16.5. The number of benzene rings is 5. The van der Waals surface area contributed by atoms with E-state index in [2.05, 4.69) is 123 Å². The van der Waals surface area contributed by atoms with Crippen LogP contribution in [-0.4, -0.2) is 26.8 Å². The molecule has 0 saturated heterocycles. The molecular formula is C43H41NO3Si. The van der Waals surface area contributed by atoms with Crippen molar-refractivity contribution in [2.75, 3.05) is 11.5 Å². The van der Waals surface area contributed by atoms with E-state index in [0.717, 1.165) is 33.5 Å². The average molecular weight is 648 g/mol. The van der Waals surface area contributed by atoms with Crippen molar-refractivity contribution in [2.24, 2.45) is 5.92 Å². The third-order valence-corrected chi connectivity index (χ3v) is 9.35. The molecule has 6 rings (SSSR count). The molecule has 5 heteroatoms. The Bertz CT molecular complexity index is 1830. The van der Waals surface area contributed by atoms with Crippen molar-refractivity contribution < 1.29 is 14.3 Å². The Morgan fingerprint density at radius 3 is 1.73 bits per heavy atom. The van der Waals surface area contributed by atoms with Gasteiger partial charge in [0.2, 0.25) is 0 Å². The lowest BCUT2D eigenvalue weighted by Crippen LogP contribution is -2.44. The molecule has 2 atom stereocenters. The van der Waals surface area contributed by atoms with Crippen molar-refractivity contribution in [1.29, 1.82) is 0 Å². The number of fused-ring (bicyclic) bond motifs is 1. The van der Waals surface area contributed by atoms with Gasteiger partial charge in [0.05, 0.1) is 12.3 Å². The van der Waals surface area contributed by atoms with Crippen molar-refractivity contribution in [3.63, 3.8) is 0 Å². The molecule has 0 spiro atoms. The van der Waals surface area contributed by atoms with Gasteiger partial charge >= 0.3 is 6.09 Å². The summed E-state index contributed by atoms with van der Waals surface area (Å²) in [5.41, 5.74) is 8.68. The Hall–Kier alpha value is -5.15. The second kappa shape index (κ2) is 14.3. The second-order valence-electron chi connectivity index (χ2n) is 13.1. The highest BCUT2D eigenvalue weighted by atomic mass is 28.3. The maximum absolute atomic E-state index is 13.9. The van der Waals surface area contributed by atoms with Crippen LogP contribution in [0.25, 0.3) is 5.57 Å². The van der Waals surface area contributed by atoms with Crippen LogP contribution >= 0.6 is 0 Å². The number of carbonyl (C=O) groups is 1. The summed E-state index contributed by atoms with van der Waals surface area (Å²) in [5, 5.41) is 0. The van der Waals surface area contributed by atoms with Crippen LogP contribution in [0, 0.1) is 17.4 Å². The number of hydrogen-bond acceptors (Lipinski definition) is 3. The average Bonchev–Trinajstić information content (AvgIpc) is 3.12. The lowest BCUT2D eigenvalue weighted by Gasteiger charge is -2.38. The van der Waals surface area contributed by atoms with Gasteiger partial charge in [-0.05, 0) is 46.5 Å². The quantitative estimate of drug-likeness (QED) is 0.0956. The van der Waals surface area contributed by atoms with Gasteiger partial charge in [-0.3, -0.25) is 4.90 Å². The van der Waals surface area contributed by atoms with Crippen LogP contribution in [0.5, 0.6) is 5.75 Å². The normalized spacial score (nSPS) is 15.0. The van der Waals surface area contributed by atoms with Crippen LogP contribution in [-0.2, 0) is 10.3 Å². The summed E-state index contributed by atoms with van der Waals surface area (Å²) >= 11 is 0. The molecular weight excluding hydrogens is 607 g/mol. The van der Waals surface area contributed by atoms with Crippen LogP contribution in [0.1, 0.15) is 29.2 Å². The van der Waals surface area contributed by atoms with E-state index >= 15 is 0 Å². The molecule has 0 radical (unpaired) electrons. The minimum atomic E-state index is -1.77. The van der Waals surface area contributed by atoms with Crippen LogP contribution in [0.2, 0.25) is 19.6 Å². The summed E-state index contributed by atoms with van der Waals surface area (Å²) in [5.74, 6) is 3.93. The fourth-order valence-electron chi connectivity index (χ4n) is 6.20. The SMILES string of the molecule is C[C@@H](COC(c1ccccc1)(c1ccccc1)c1ccccc1)C1=C[C@@H](C#C[Si](C)(C)C)N(C(=O)Oc2ccccc2)c2ccccc21. The molecule has 1 aliphatic rings. The number of ether oxygens (including phenoxy) is 2. The third kappa shape index (κ3) is 7.06. The highest BCUT2D eigenvalue weighted by molar-refractivity contribution is 6.83. The molecule has 5 aromatic carbocycles. The molecule has 4 nitrogen and oxygen atoms in total. The van der Waals surface area contributed by atoms with Gasteiger partial charge in [-0.15, -0.1) is 5.54 Å². The monoisotopic (exact) mass is 647 g/mol. The minimum Gasteiger partial charge on any atom is -0.410 e. The van der Waals surface area contributed by atoms with Crippen LogP contribution in [0.15, 0.2) is 152 Å². The lowest BCUT2D eigenvalue weighted by molar-refractivity contribution is 0.00318. The van der Waals surface area contributed by atoms with Gasteiger partial charge in [0.15, 0.2) is 0 Å². The smallest absolute Gasteiger partial charge is 0.410 e. The van der Waals surface area contributed by atoms with Gasteiger partial charge in [-0.25, -0.2) is 4.79 Å². The molecule has 0 N–H and O–H groups in total. The maximum Gasteiger partial charge on any atom is 0.421 e. The summed E-state index contributed by atoms with van der Waals surface area (Å²) in [6, 6.07) is 48.0. The lowest BCUT2D eigenvalue weighted by atomic mass is 9.79. The van der Waals surface area contributed by atoms with E-state index in [9.17, 15) is 4.79 Å². The van der Waals surface area contributed by atoms with Gasteiger partial charge in [0.25, 0.3) is 0 Å². The Morgan fingerprint density at radius 1 is 0.729 bits per heavy atom. The van der Waals surface area contributed by atoms with E-state index in [0.29, 0.717) is 12.4 Å². The highest BCUT2D eigenvalue weighted by Gasteiger charge is 2.39. The number of hydrogen-bond donors (Lipinski definition) is 0. The maximum atomic E-state index is 13.9. The van der Waals surface area contributed by atoms with Gasteiger partial charge in [-0.2, -0.15) is 0 Å². The van der Waals surface area contributed by atoms with Crippen LogP contribution in [0.4, 0.5) is 10.5 Å². The van der Waals surface area contributed by atoms with Gasteiger partial charge < -0.3 is 9.47 Å². The molecule has 0 fully saturated rings. The first-order chi connectivity index (χ1) is 23.3. The Labute approximate surface area is 285 Å². The molecule has 1 aliphatic heterocycles. The van der Waals surface area contributed by atoms with Crippen molar-refractivity contribution >= 4 is 25.4 Å². The Kier molecular flexibility index (Phi) is 9.77. The van der Waals surface area contributed by atoms with Crippen molar-refractivity contribution in [1.82, 2.24) is 0 Å². The first kappa shape index (κ1) is 32.8. The molecule has 1 heterocycles. The van der Waals surface area contributed by atoms with E-state index < -0.39 is 25.8 Å². The zero-order valence-electron chi connectivity index (χ0n) is 28.0. The molecule has 0 unspecified atom stereocenters. The highest BCUT2D eigenvalue weighted by Crippen LogP contribution is 2.43. The largest absolute Gasteiger partial charge is 0.421 e. The first-order valence-corrected chi connectivity index (χ1v) is 20.0. The molecule has 0 aliphatic carbocycles. The standard InChI is InChI=1S/C43H41NO3Si/c1-33(32-46-43(34-19-9-5-10-20-34,35-21-11-6-12-22-35)36-23-13-7-14-24-36)40-31-37(29-30-48(2,3)4)44(41-28-18-17-27-39(40)41)42(45)47-38-25-15-8-16-26-38/h5-28,31,33,37H,32H2,1-4H3/t33-,37+/m0/s1. The number of carbonyl (C=O) groups excluding carboxylic acids is 1. The molecule has 5 aromatic rings. The van der Waals surface area contributed by atoms with Gasteiger partial charge in [0, 0.05) is 11.5 Å². The second-order valence-corrected chi connectivity index (χ2v) is 17.9. The van der Waals surface area contributed by atoms with Crippen molar-refractivity contribution in [3.8, 4) is 17.2 Å². The number of rotatable bonds is 8. The van der Waals surface area contributed by atoms with E-state index in [-0.39, 0.29) is 5.92 Å². The van der Waals surface area contributed by atoms with E-state index in [1.54, 1.807) is 17.0 Å². The van der Waals surface area contributed by atoms with Crippen molar-refractivity contribution in [3.05, 3.63) is 174 Å². The molecule has 0 aromatic heterocycles. The Morgan fingerprint density at radius 2 is 1.21 bits per heavy atom. The topological polar surface area (TPSA) is 38.8 Å². The molecule has 240 valence electrons. The van der Waals surface area contributed by atoms with Crippen molar-refractivity contribution in [2.45, 2.75) is 38.2 Å². The molecule has 48 heavy (non-hydrogen) atoms. The summed E-state index contributed by atoms with van der Waals surface area (Å²) < 4.78 is 13.1. The summed E-state index contributed by atoms with van der Waals surface area (Å²) in [6.07, 6.45) is 1.67. The van der Waals surface area contributed by atoms with E-state index in [4.69, 9.17) is 9.47 Å². The number of amides is 1. The number of nitrogens with zero attached hydrogens (tertiary/aromatic N) is 1. The molecule has 1 amide bonds. The third-order valence-electron chi connectivity index (χ3n) is 8.45. The molecule has 0 saturated carbocycles. The summed E-state index contributed by atoms with van der Waals surface area (Å²) in [7, 11) is -1.77. The predicted octanol–water partition coefficient (Wildman–Crippen LogP) is 9.98. The van der Waals surface area contributed by atoms with Crippen LogP contribution < -0.4 is 9.64 Å². The predicted molar refractivity (Wildman–Crippen MR) is 199 cm³/mol.